The zero-order valence-corrected chi connectivity index (χ0v) is 19.6. The summed E-state index contributed by atoms with van der Waals surface area (Å²) in [6.07, 6.45) is 4.49. The van der Waals surface area contributed by atoms with Gasteiger partial charge in [0.2, 0.25) is 5.95 Å². The van der Waals surface area contributed by atoms with Crippen LogP contribution in [-0.4, -0.2) is 59.5 Å². The molecule has 4 heterocycles. The second-order valence-electron chi connectivity index (χ2n) is 9.69. The number of aromatic nitrogens is 5. The molecule has 3 atom stereocenters. The lowest BCUT2D eigenvalue weighted by Crippen LogP contribution is -2.61. The highest BCUT2D eigenvalue weighted by Gasteiger charge is 2.45. The van der Waals surface area contributed by atoms with Gasteiger partial charge in [-0.15, -0.1) is 0 Å². The highest BCUT2D eigenvalue weighted by atomic mass is 19.1. The zero-order valence-electron chi connectivity index (χ0n) is 19.6. The molecule has 178 valence electrons. The van der Waals surface area contributed by atoms with Crippen molar-refractivity contribution in [2.45, 2.75) is 59.7 Å². The van der Waals surface area contributed by atoms with Crippen LogP contribution in [0.15, 0.2) is 18.6 Å². The lowest BCUT2D eigenvalue weighted by Gasteiger charge is -2.49. The summed E-state index contributed by atoms with van der Waals surface area (Å²) in [5.74, 6) is 0.288. The molecule has 10 nitrogen and oxygen atoms in total. The molecule has 1 saturated heterocycles. The van der Waals surface area contributed by atoms with E-state index in [0.717, 1.165) is 6.54 Å². The Morgan fingerprint density at radius 3 is 2.76 bits per heavy atom. The molecular formula is C22H31FN8O2. The molecule has 33 heavy (non-hydrogen) atoms. The van der Waals surface area contributed by atoms with Gasteiger partial charge in [-0.1, -0.05) is 27.7 Å². The third-order valence-corrected chi connectivity index (χ3v) is 6.25. The number of amides is 1. The van der Waals surface area contributed by atoms with Crippen molar-refractivity contribution in [2.75, 3.05) is 17.2 Å². The number of halogens is 1. The highest BCUT2D eigenvalue weighted by molar-refractivity contribution is 5.89. The minimum Gasteiger partial charge on any atom is -0.465 e. The van der Waals surface area contributed by atoms with Gasteiger partial charge in [0.15, 0.2) is 5.82 Å². The standard InChI is InChI=1S/C22H31FN8O2/c1-6-30-11-13(9-25-30)26-20-28-18-15(14(23)10-24-18)19(29-20)27-16-12(2)7-8-31(21(32)33)17(16)22(3,4)5/h9-12,16-17H,6-8H2,1-5H3,(H,32,33)(H3,24,26,27,28,29)/t12-,16-,17?/m1/s1. The highest BCUT2D eigenvalue weighted by Crippen LogP contribution is 2.37. The number of piperidine rings is 1. The number of carbonyl (C=O) groups is 1. The van der Waals surface area contributed by atoms with Gasteiger partial charge in [-0.3, -0.25) is 4.68 Å². The van der Waals surface area contributed by atoms with E-state index < -0.39 is 11.9 Å². The number of nitrogens with zero attached hydrogens (tertiary/aromatic N) is 5. The molecule has 3 aromatic rings. The number of hydrogen-bond donors (Lipinski definition) is 4. The van der Waals surface area contributed by atoms with E-state index >= 15 is 0 Å². The Labute approximate surface area is 191 Å². The van der Waals surface area contributed by atoms with Gasteiger partial charge in [0.1, 0.15) is 11.5 Å². The smallest absolute Gasteiger partial charge is 0.407 e. The Balaban J connectivity index is 1.74. The van der Waals surface area contributed by atoms with E-state index in [1.54, 1.807) is 10.9 Å². The molecule has 1 aliphatic heterocycles. The summed E-state index contributed by atoms with van der Waals surface area (Å²) in [5.41, 5.74) is 0.717. The summed E-state index contributed by atoms with van der Waals surface area (Å²) in [6, 6.07) is -0.595. The predicted molar refractivity (Wildman–Crippen MR) is 124 cm³/mol. The summed E-state index contributed by atoms with van der Waals surface area (Å²) in [7, 11) is 0. The van der Waals surface area contributed by atoms with Crippen LogP contribution < -0.4 is 10.6 Å². The first-order valence-electron chi connectivity index (χ1n) is 11.2. The van der Waals surface area contributed by atoms with Crippen molar-refractivity contribution < 1.29 is 14.3 Å². The van der Waals surface area contributed by atoms with Crippen LogP contribution in [-0.2, 0) is 6.54 Å². The van der Waals surface area contributed by atoms with Crippen LogP contribution in [0.1, 0.15) is 41.0 Å². The number of carboxylic acid groups (broad SMARTS) is 1. The number of H-pyrrole nitrogens is 1. The van der Waals surface area contributed by atoms with Gasteiger partial charge < -0.3 is 25.6 Å². The first-order chi connectivity index (χ1) is 15.6. The van der Waals surface area contributed by atoms with Crippen molar-refractivity contribution in [2.24, 2.45) is 11.3 Å². The third-order valence-electron chi connectivity index (χ3n) is 6.25. The molecule has 1 unspecified atom stereocenters. The van der Waals surface area contributed by atoms with Crippen molar-refractivity contribution in [3.63, 3.8) is 0 Å². The number of fused-ring (bicyclic) bond motifs is 1. The van der Waals surface area contributed by atoms with Gasteiger partial charge >= 0.3 is 6.09 Å². The minimum atomic E-state index is -0.954. The van der Waals surface area contributed by atoms with E-state index in [2.05, 4.69) is 37.6 Å². The number of aromatic amines is 1. The molecule has 0 bridgehead atoms. The summed E-state index contributed by atoms with van der Waals surface area (Å²) in [5, 5.41) is 20.9. The third kappa shape index (κ3) is 4.44. The van der Waals surface area contributed by atoms with Crippen LogP contribution in [0.25, 0.3) is 11.0 Å². The van der Waals surface area contributed by atoms with Crippen molar-refractivity contribution in [1.29, 1.82) is 0 Å². The fraction of sp³-hybridized carbons (Fsp3) is 0.545. The molecule has 0 aromatic carbocycles. The van der Waals surface area contributed by atoms with E-state index in [9.17, 15) is 14.3 Å². The molecule has 4 rings (SSSR count). The first kappa shape index (κ1) is 22.8. The Hall–Kier alpha value is -3.37. The fourth-order valence-electron chi connectivity index (χ4n) is 4.65. The van der Waals surface area contributed by atoms with Gasteiger partial charge in [0.05, 0.1) is 29.4 Å². The average molecular weight is 459 g/mol. The second kappa shape index (κ2) is 8.53. The molecule has 1 fully saturated rings. The molecule has 0 spiro atoms. The van der Waals surface area contributed by atoms with E-state index in [-0.39, 0.29) is 34.8 Å². The monoisotopic (exact) mass is 458 g/mol. The molecule has 11 heteroatoms. The normalized spacial score (nSPS) is 21.4. The summed E-state index contributed by atoms with van der Waals surface area (Å²) in [4.78, 5) is 25.4. The SMILES string of the molecule is CCn1cc(Nc2nc(N[C@H]3C(C(C)(C)C)N(C(=O)O)CC[C@H]3C)c3c(F)c[nH]c3n2)cn1. The minimum absolute atomic E-state index is 0.149. The van der Waals surface area contributed by atoms with Crippen molar-refractivity contribution in [3.8, 4) is 0 Å². The van der Waals surface area contributed by atoms with Crippen LogP contribution in [0, 0.1) is 17.2 Å². The number of anilines is 3. The average Bonchev–Trinajstić information content (AvgIpc) is 3.34. The maximum absolute atomic E-state index is 14.7. The van der Waals surface area contributed by atoms with E-state index in [1.165, 1.54) is 11.1 Å². The molecule has 0 aliphatic carbocycles. The van der Waals surface area contributed by atoms with Gasteiger partial charge in [-0.25, -0.2) is 9.18 Å². The van der Waals surface area contributed by atoms with Crippen molar-refractivity contribution in [1.82, 2.24) is 29.6 Å². The topological polar surface area (TPSA) is 124 Å². The van der Waals surface area contributed by atoms with Gasteiger partial charge in [0, 0.05) is 25.5 Å². The van der Waals surface area contributed by atoms with E-state index in [1.807, 2.05) is 33.9 Å². The summed E-state index contributed by atoms with van der Waals surface area (Å²) < 4.78 is 16.5. The Morgan fingerprint density at radius 2 is 2.12 bits per heavy atom. The Kier molecular flexibility index (Phi) is 5.89. The molecule has 1 amide bonds. The molecule has 0 saturated carbocycles. The van der Waals surface area contributed by atoms with Crippen LogP contribution >= 0.6 is 0 Å². The maximum Gasteiger partial charge on any atom is 0.407 e. The molecule has 0 radical (unpaired) electrons. The predicted octanol–water partition coefficient (Wildman–Crippen LogP) is 4.27. The summed E-state index contributed by atoms with van der Waals surface area (Å²) >= 11 is 0. The number of likely N-dealkylation sites (tertiary alicyclic amines) is 1. The fourth-order valence-corrected chi connectivity index (χ4v) is 4.65. The molecule has 1 aliphatic rings. The summed E-state index contributed by atoms with van der Waals surface area (Å²) in [6.45, 7) is 11.3. The molecule has 4 N–H and O–H groups in total. The Morgan fingerprint density at radius 1 is 1.36 bits per heavy atom. The van der Waals surface area contributed by atoms with Crippen LogP contribution in [0.2, 0.25) is 0 Å². The van der Waals surface area contributed by atoms with E-state index in [0.29, 0.717) is 30.1 Å². The number of rotatable bonds is 5. The van der Waals surface area contributed by atoms with Crippen LogP contribution in [0.3, 0.4) is 0 Å². The Bertz CT molecular complexity index is 1150. The van der Waals surface area contributed by atoms with Crippen molar-refractivity contribution >= 4 is 34.6 Å². The quantitative estimate of drug-likeness (QED) is 0.450. The second-order valence-corrected chi connectivity index (χ2v) is 9.69. The van der Waals surface area contributed by atoms with Crippen molar-refractivity contribution in [3.05, 3.63) is 24.4 Å². The lowest BCUT2D eigenvalue weighted by atomic mass is 9.74. The van der Waals surface area contributed by atoms with Gasteiger partial charge in [-0.05, 0) is 24.7 Å². The number of nitrogens with one attached hydrogen (secondary N) is 3. The van der Waals surface area contributed by atoms with Gasteiger partial charge in [0.25, 0.3) is 0 Å². The van der Waals surface area contributed by atoms with Crippen LogP contribution in [0.4, 0.5) is 26.6 Å². The molecular weight excluding hydrogens is 427 g/mol. The lowest BCUT2D eigenvalue weighted by molar-refractivity contribution is 0.0345. The maximum atomic E-state index is 14.7. The van der Waals surface area contributed by atoms with Crippen LogP contribution in [0.5, 0.6) is 0 Å². The van der Waals surface area contributed by atoms with E-state index in [4.69, 9.17) is 0 Å². The number of aryl methyl sites for hydroxylation is 1. The molecule has 3 aromatic heterocycles. The first-order valence-corrected chi connectivity index (χ1v) is 11.2. The largest absolute Gasteiger partial charge is 0.465 e. The number of hydrogen-bond acceptors (Lipinski definition) is 6. The van der Waals surface area contributed by atoms with Gasteiger partial charge in [-0.2, -0.15) is 15.1 Å². The zero-order chi connectivity index (χ0) is 23.9.